The first-order chi connectivity index (χ1) is 7.25. The highest BCUT2D eigenvalue weighted by atomic mass is 19.4. The van der Waals surface area contributed by atoms with Gasteiger partial charge in [-0.1, -0.05) is 10.5 Å². The molecule has 0 heterocycles. The number of amides is 1. The van der Waals surface area contributed by atoms with E-state index in [-0.39, 0.29) is 0 Å². The van der Waals surface area contributed by atoms with Crippen LogP contribution in [0.25, 0.3) is 0 Å². The lowest BCUT2D eigenvalue weighted by Crippen LogP contribution is -2.36. The molecule has 1 amide bonds. The van der Waals surface area contributed by atoms with E-state index in [0.717, 1.165) is 6.07 Å². The van der Waals surface area contributed by atoms with Gasteiger partial charge in [0.1, 0.15) is 5.69 Å². The van der Waals surface area contributed by atoms with Crippen LogP contribution in [0.4, 0.5) is 32.1 Å². The van der Waals surface area contributed by atoms with Gasteiger partial charge in [-0.15, -0.1) is 5.12 Å². The van der Waals surface area contributed by atoms with Crippen molar-refractivity contribution in [2.75, 3.05) is 5.12 Å². The molecule has 0 radical (unpaired) electrons. The summed E-state index contributed by atoms with van der Waals surface area (Å²) < 4.78 is 73.5. The van der Waals surface area contributed by atoms with Gasteiger partial charge in [-0.2, -0.15) is 13.2 Å². The molecule has 1 aromatic carbocycles. The van der Waals surface area contributed by atoms with Crippen LogP contribution in [0, 0.1) is 11.6 Å². The fourth-order valence-electron chi connectivity index (χ4n) is 0.865. The number of hydrogen-bond acceptors (Lipinski definition) is 1. The second kappa shape index (κ2) is 4.03. The van der Waals surface area contributed by atoms with Crippen LogP contribution in [-0.4, -0.2) is 12.1 Å². The first kappa shape index (κ1) is 12.3. The zero-order valence-corrected chi connectivity index (χ0v) is 7.36. The Balaban J connectivity index is 3.11. The molecule has 1 aromatic rings. The van der Waals surface area contributed by atoms with Crippen molar-refractivity contribution in [1.29, 1.82) is 0 Å². The Morgan fingerprint density at radius 2 is 1.75 bits per heavy atom. The van der Waals surface area contributed by atoms with E-state index < -0.39 is 34.5 Å². The standard InChI is InChI=1S/C8H3F6NO/c9-4-2-1-3-5(6(4)10)15(14)7(16)8(11,12)13/h1-3H. The van der Waals surface area contributed by atoms with Gasteiger partial charge in [0, 0.05) is 0 Å². The van der Waals surface area contributed by atoms with E-state index in [1.165, 1.54) is 0 Å². The van der Waals surface area contributed by atoms with Gasteiger partial charge >= 0.3 is 12.1 Å². The monoisotopic (exact) mass is 243 g/mol. The van der Waals surface area contributed by atoms with Crippen molar-refractivity contribution in [1.82, 2.24) is 0 Å². The summed E-state index contributed by atoms with van der Waals surface area (Å²) >= 11 is 0. The Kier molecular flexibility index (Phi) is 3.11. The van der Waals surface area contributed by atoms with Gasteiger partial charge in [-0.3, -0.25) is 4.79 Å². The van der Waals surface area contributed by atoms with E-state index >= 15 is 0 Å². The fourth-order valence-corrected chi connectivity index (χ4v) is 0.865. The van der Waals surface area contributed by atoms with Crippen molar-refractivity contribution in [3.05, 3.63) is 29.8 Å². The van der Waals surface area contributed by atoms with Crippen molar-refractivity contribution in [2.24, 2.45) is 0 Å². The molecule has 0 bridgehead atoms. The molecule has 0 unspecified atom stereocenters. The van der Waals surface area contributed by atoms with Gasteiger partial charge < -0.3 is 0 Å². The Morgan fingerprint density at radius 1 is 1.19 bits per heavy atom. The lowest BCUT2D eigenvalue weighted by molar-refractivity contribution is -0.173. The first-order valence-corrected chi connectivity index (χ1v) is 3.76. The van der Waals surface area contributed by atoms with Crippen LogP contribution in [0.1, 0.15) is 0 Å². The van der Waals surface area contributed by atoms with Gasteiger partial charge in [0.25, 0.3) is 0 Å². The third-order valence-corrected chi connectivity index (χ3v) is 1.56. The number of halogens is 6. The van der Waals surface area contributed by atoms with E-state index in [1.807, 2.05) is 0 Å². The molecule has 0 aliphatic carbocycles. The first-order valence-electron chi connectivity index (χ1n) is 3.76. The maximum atomic E-state index is 12.8. The minimum atomic E-state index is -5.51. The molecule has 8 heteroatoms. The molecule has 1 rings (SSSR count). The molecule has 0 saturated heterocycles. The van der Waals surface area contributed by atoms with Gasteiger partial charge in [0.15, 0.2) is 11.6 Å². The maximum Gasteiger partial charge on any atom is 0.474 e. The molecule has 0 spiro atoms. The number of nitrogens with zero attached hydrogens (tertiary/aromatic N) is 1. The predicted octanol–water partition coefficient (Wildman–Crippen LogP) is 2.74. The van der Waals surface area contributed by atoms with Gasteiger partial charge in [-0.25, -0.2) is 8.78 Å². The molecule has 0 atom stereocenters. The molecular formula is C8H3F6NO. The molecule has 0 aromatic heterocycles. The molecule has 16 heavy (non-hydrogen) atoms. The number of alkyl halides is 3. The van der Waals surface area contributed by atoms with E-state index in [2.05, 4.69) is 0 Å². The second-order valence-corrected chi connectivity index (χ2v) is 2.66. The predicted molar refractivity (Wildman–Crippen MR) is 41.0 cm³/mol. The Morgan fingerprint density at radius 3 is 2.25 bits per heavy atom. The quantitative estimate of drug-likeness (QED) is 0.548. The molecule has 0 fully saturated rings. The molecule has 2 nitrogen and oxygen atoms in total. The highest BCUT2D eigenvalue weighted by Gasteiger charge is 2.44. The van der Waals surface area contributed by atoms with Crippen LogP contribution in [0.15, 0.2) is 18.2 Å². The minimum absolute atomic E-state index is 0.502. The summed E-state index contributed by atoms with van der Waals surface area (Å²) in [6.45, 7) is 0. The fraction of sp³-hybridized carbons (Fsp3) is 0.125. The molecule has 0 aliphatic heterocycles. The maximum absolute atomic E-state index is 12.8. The number of benzene rings is 1. The smallest absolute Gasteiger partial charge is 0.261 e. The topological polar surface area (TPSA) is 20.3 Å². The minimum Gasteiger partial charge on any atom is -0.261 e. The average molecular weight is 243 g/mol. The van der Waals surface area contributed by atoms with Crippen molar-refractivity contribution in [3.63, 3.8) is 0 Å². The number of anilines is 1. The van der Waals surface area contributed by atoms with Crippen LogP contribution in [0.2, 0.25) is 0 Å². The van der Waals surface area contributed by atoms with Crippen molar-refractivity contribution < 1.29 is 31.2 Å². The van der Waals surface area contributed by atoms with E-state index in [0.29, 0.717) is 12.1 Å². The van der Waals surface area contributed by atoms with Gasteiger partial charge in [0.2, 0.25) is 0 Å². The van der Waals surface area contributed by atoms with Crippen LogP contribution in [0.3, 0.4) is 0 Å². The highest BCUT2D eigenvalue weighted by Crippen LogP contribution is 2.27. The summed E-state index contributed by atoms with van der Waals surface area (Å²) in [6.07, 6.45) is -5.51. The summed E-state index contributed by atoms with van der Waals surface area (Å²) in [4.78, 5) is 10.4. The summed E-state index contributed by atoms with van der Waals surface area (Å²) in [6, 6.07) is 1.84. The van der Waals surface area contributed by atoms with Crippen molar-refractivity contribution >= 4 is 11.6 Å². The second-order valence-electron chi connectivity index (χ2n) is 2.66. The van der Waals surface area contributed by atoms with Crippen LogP contribution in [0.5, 0.6) is 0 Å². The average Bonchev–Trinajstić information content (AvgIpc) is 2.18. The summed E-state index contributed by atoms with van der Waals surface area (Å²) in [5.74, 6) is -6.37. The largest absolute Gasteiger partial charge is 0.474 e. The van der Waals surface area contributed by atoms with Crippen LogP contribution >= 0.6 is 0 Å². The number of hydrogen-bond donors (Lipinski definition) is 0. The summed E-state index contributed by atoms with van der Waals surface area (Å²) in [7, 11) is 0. The zero-order chi connectivity index (χ0) is 12.5. The third-order valence-electron chi connectivity index (χ3n) is 1.56. The number of carbonyl (C=O) groups is 1. The molecule has 0 saturated carbocycles. The normalized spacial score (nSPS) is 11.4. The molecule has 0 aliphatic rings. The van der Waals surface area contributed by atoms with Crippen molar-refractivity contribution in [2.45, 2.75) is 6.18 Å². The van der Waals surface area contributed by atoms with E-state index in [1.54, 1.807) is 0 Å². The summed E-state index contributed by atoms with van der Waals surface area (Å²) in [5, 5.41) is -1.49. The van der Waals surface area contributed by atoms with E-state index in [4.69, 9.17) is 0 Å². The molecule has 88 valence electrons. The van der Waals surface area contributed by atoms with Gasteiger partial charge in [-0.05, 0) is 12.1 Å². The third kappa shape index (κ3) is 2.26. The summed E-state index contributed by atoms with van der Waals surface area (Å²) in [5.41, 5.74) is -1.43. The lowest BCUT2D eigenvalue weighted by Gasteiger charge is -2.14. The van der Waals surface area contributed by atoms with Crippen LogP contribution < -0.4 is 5.12 Å². The Labute approximate surface area is 85.0 Å². The van der Waals surface area contributed by atoms with Crippen molar-refractivity contribution in [3.8, 4) is 0 Å². The Hall–Kier alpha value is -1.73. The number of rotatable bonds is 1. The molecule has 0 N–H and O–H groups in total. The van der Waals surface area contributed by atoms with Gasteiger partial charge in [0.05, 0.1) is 0 Å². The SMILES string of the molecule is O=C(N(F)c1cccc(F)c1F)C(F)(F)F. The van der Waals surface area contributed by atoms with Crippen LogP contribution in [-0.2, 0) is 4.79 Å². The molecular weight excluding hydrogens is 240 g/mol. The lowest BCUT2D eigenvalue weighted by atomic mass is 10.3. The highest BCUT2D eigenvalue weighted by molar-refractivity contribution is 5.95. The van der Waals surface area contributed by atoms with E-state index in [9.17, 15) is 31.2 Å². The zero-order valence-electron chi connectivity index (χ0n) is 7.36. The Bertz CT molecular complexity index is 415. The number of carbonyl (C=O) groups excluding carboxylic acids is 1.